The molecule has 0 heterocycles. The van der Waals surface area contributed by atoms with Gasteiger partial charge in [0.15, 0.2) is 6.10 Å². The first-order valence-electron chi connectivity index (χ1n) is 3.80. The van der Waals surface area contributed by atoms with Crippen molar-refractivity contribution in [3.8, 4) is 0 Å². The zero-order valence-corrected chi connectivity index (χ0v) is 11.0. The van der Waals surface area contributed by atoms with Crippen LogP contribution in [0.5, 0.6) is 0 Å². The van der Waals surface area contributed by atoms with Crippen molar-refractivity contribution in [3.63, 3.8) is 0 Å². The van der Waals surface area contributed by atoms with E-state index in [0.717, 1.165) is 13.6 Å². The standard InChI is InChI=1S/C9H8BrIO3/c1-4-2-3-5(7(11)6(4)10)8(12)9(13)14/h2-3,8,12H,1H3,(H,13,14). The lowest BCUT2D eigenvalue weighted by Crippen LogP contribution is -2.12. The molecule has 0 spiro atoms. The molecule has 2 N–H and O–H groups in total. The summed E-state index contributed by atoms with van der Waals surface area (Å²) in [6.45, 7) is 1.91. The molecule has 0 aliphatic heterocycles. The van der Waals surface area contributed by atoms with Crippen molar-refractivity contribution < 1.29 is 15.0 Å². The second-order valence-corrected chi connectivity index (χ2v) is 4.71. The second-order valence-electron chi connectivity index (χ2n) is 2.84. The van der Waals surface area contributed by atoms with E-state index in [1.807, 2.05) is 29.5 Å². The minimum absolute atomic E-state index is 0.413. The molecule has 1 unspecified atom stereocenters. The highest BCUT2D eigenvalue weighted by atomic mass is 127. The van der Waals surface area contributed by atoms with Gasteiger partial charge in [-0.05, 0) is 51.0 Å². The highest BCUT2D eigenvalue weighted by molar-refractivity contribution is 14.1. The molecule has 0 aromatic heterocycles. The number of benzene rings is 1. The van der Waals surface area contributed by atoms with Crippen molar-refractivity contribution in [3.05, 3.63) is 31.3 Å². The third-order valence-corrected chi connectivity index (χ3v) is 4.76. The van der Waals surface area contributed by atoms with Gasteiger partial charge in [0.05, 0.1) is 0 Å². The Labute approximate surface area is 103 Å². The van der Waals surface area contributed by atoms with Gasteiger partial charge >= 0.3 is 5.97 Å². The lowest BCUT2D eigenvalue weighted by Gasteiger charge is -2.11. The van der Waals surface area contributed by atoms with E-state index in [4.69, 9.17) is 5.11 Å². The van der Waals surface area contributed by atoms with Crippen LogP contribution in [0.15, 0.2) is 16.6 Å². The molecule has 14 heavy (non-hydrogen) atoms. The van der Waals surface area contributed by atoms with Crippen LogP contribution in [0.2, 0.25) is 0 Å². The molecular weight excluding hydrogens is 363 g/mol. The molecule has 0 radical (unpaired) electrons. The number of halogens is 2. The number of carboxylic acid groups (broad SMARTS) is 1. The van der Waals surface area contributed by atoms with Crippen molar-refractivity contribution in [2.45, 2.75) is 13.0 Å². The number of aliphatic carboxylic acids is 1. The summed E-state index contributed by atoms with van der Waals surface area (Å²) >= 11 is 5.34. The number of rotatable bonds is 2. The minimum Gasteiger partial charge on any atom is -0.479 e. The van der Waals surface area contributed by atoms with Crippen LogP contribution in [0, 0.1) is 10.5 Å². The van der Waals surface area contributed by atoms with E-state index < -0.39 is 12.1 Å². The Hall–Kier alpha value is -0.140. The van der Waals surface area contributed by atoms with Gasteiger partial charge in [-0.15, -0.1) is 0 Å². The Morgan fingerprint density at radius 2 is 2.14 bits per heavy atom. The SMILES string of the molecule is Cc1ccc(C(O)C(=O)O)c(I)c1Br. The van der Waals surface area contributed by atoms with Gasteiger partial charge in [-0.3, -0.25) is 0 Å². The molecule has 0 fully saturated rings. The summed E-state index contributed by atoms with van der Waals surface area (Å²) in [5.41, 5.74) is 1.42. The van der Waals surface area contributed by atoms with E-state index in [0.29, 0.717) is 5.56 Å². The summed E-state index contributed by atoms with van der Waals surface area (Å²) in [7, 11) is 0. The van der Waals surface area contributed by atoms with Crippen molar-refractivity contribution in [1.82, 2.24) is 0 Å². The number of aryl methyl sites for hydroxylation is 1. The largest absolute Gasteiger partial charge is 0.479 e. The van der Waals surface area contributed by atoms with Gasteiger partial charge in [0.25, 0.3) is 0 Å². The van der Waals surface area contributed by atoms with Crippen LogP contribution < -0.4 is 0 Å². The van der Waals surface area contributed by atoms with Gasteiger partial charge in [-0.25, -0.2) is 4.79 Å². The molecule has 0 saturated carbocycles. The highest BCUT2D eigenvalue weighted by Crippen LogP contribution is 2.29. The van der Waals surface area contributed by atoms with E-state index in [2.05, 4.69) is 15.9 Å². The Balaban J connectivity index is 3.24. The monoisotopic (exact) mass is 370 g/mol. The van der Waals surface area contributed by atoms with Gasteiger partial charge in [-0.1, -0.05) is 12.1 Å². The number of carboxylic acids is 1. The van der Waals surface area contributed by atoms with Crippen molar-refractivity contribution in [2.24, 2.45) is 0 Å². The zero-order chi connectivity index (χ0) is 10.9. The molecule has 0 bridgehead atoms. The second kappa shape index (κ2) is 4.59. The molecule has 1 aromatic rings. The predicted molar refractivity (Wildman–Crippen MR) is 64.2 cm³/mol. The molecule has 1 aromatic carbocycles. The van der Waals surface area contributed by atoms with Gasteiger partial charge < -0.3 is 10.2 Å². The number of hydrogen-bond acceptors (Lipinski definition) is 2. The van der Waals surface area contributed by atoms with E-state index in [9.17, 15) is 9.90 Å². The van der Waals surface area contributed by atoms with E-state index in [-0.39, 0.29) is 0 Å². The Morgan fingerprint density at radius 3 is 2.64 bits per heavy atom. The van der Waals surface area contributed by atoms with Crippen molar-refractivity contribution in [2.75, 3.05) is 0 Å². The first-order chi connectivity index (χ1) is 6.45. The lowest BCUT2D eigenvalue weighted by atomic mass is 10.1. The maximum Gasteiger partial charge on any atom is 0.337 e. The quantitative estimate of drug-likeness (QED) is 0.786. The van der Waals surface area contributed by atoms with Crippen LogP contribution in [0.4, 0.5) is 0 Å². The summed E-state index contributed by atoms with van der Waals surface area (Å²) in [6, 6.07) is 3.40. The fourth-order valence-corrected chi connectivity index (χ4v) is 2.27. The Bertz CT molecular complexity index is 379. The van der Waals surface area contributed by atoms with Gasteiger partial charge in [0.2, 0.25) is 0 Å². The number of hydrogen-bond donors (Lipinski definition) is 2. The maximum absolute atomic E-state index is 10.6. The topological polar surface area (TPSA) is 57.5 Å². The van der Waals surface area contributed by atoms with Crippen LogP contribution in [0.1, 0.15) is 17.2 Å². The van der Waals surface area contributed by atoms with E-state index in [1.165, 1.54) is 0 Å². The maximum atomic E-state index is 10.6. The van der Waals surface area contributed by atoms with Gasteiger partial charge in [0.1, 0.15) is 0 Å². The average molecular weight is 371 g/mol. The third kappa shape index (κ3) is 2.26. The minimum atomic E-state index is -1.46. The van der Waals surface area contributed by atoms with Gasteiger partial charge in [-0.2, -0.15) is 0 Å². The third-order valence-electron chi connectivity index (χ3n) is 1.83. The number of aliphatic hydroxyl groups is 1. The van der Waals surface area contributed by atoms with E-state index in [1.54, 1.807) is 12.1 Å². The molecule has 0 aliphatic rings. The molecule has 0 aliphatic carbocycles. The average Bonchev–Trinajstić information content (AvgIpc) is 2.13. The molecule has 3 nitrogen and oxygen atoms in total. The van der Waals surface area contributed by atoms with E-state index >= 15 is 0 Å². The van der Waals surface area contributed by atoms with Gasteiger partial charge in [0, 0.05) is 13.6 Å². The first kappa shape index (κ1) is 11.9. The van der Waals surface area contributed by atoms with Crippen LogP contribution in [-0.4, -0.2) is 16.2 Å². The van der Waals surface area contributed by atoms with Crippen molar-refractivity contribution in [1.29, 1.82) is 0 Å². The van der Waals surface area contributed by atoms with Crippen LogP contribution in [0.25, 0.3) is 0 Å². The molecule has 76 valence electrons. The van der Waals surface area contributed by atoms with Crippen LogP contribution in [0.3, 0.4) is 0 Å². The Kier molecular flexibility index (Phi) is 3.91. The smallest absolute Gasteiger partial charge is 0.337 e. The van der Waals surface area contributed by atoms with Crippen molar-refractivity contribution >= 4 is 44.5 Å². The van der Waals surface area contributed by atoms with Crippen LogP contribution >= 0.6 is 38.5 Å². The fourth-order valence-electron chi connectivity index (χ4n) is 1.01. The molecule has 5 heteroatoms. The number of carbonyl (C=O) groups is 1. The first-order valence-corrected chi connectivity index (χ1v) is 5.67. The summed E-state index contributed by atoms with van der Waals surface area (Å²) in [5.74, 6) is -1.24. The predicted octanol–water partition coefficient (Wildman–Crippen LogP) is 2.48. The normalized spacial score (nSPS) is 12.6. The zero-order valence-electron chi connectivity index (χ0n) is 7.29. The highest BCUT2D eigenvalue weighted by Gasteiger charge is 2.20. The molecule has 0 saturated heterocycles. The molecule has 1 rings (SSSR count). The number of aliphatic hydroxyl groups excluding tert-OH is 1. The Morgan fingerprint density at radius 1 is 1.57 bits per heavy atom. The molecular formula is C9H8BrIO3. The lowest BCUT2D eigenvalue weighted by molar-refractivity contribution is -0.147. The summed E-state index contributed by atoms with van der Waals surface area (Å²) in [5, 5.41) is 18.0. The fraction of sp³-hybridized carbons (Fsp3) is 0.222. The van der Waals surface area contributed by atoms with Crippen LogP contribution in [-0.2, 0) is 4.79 Å². The molecule has 0 amide bonds. The molecule has 1 atom stereocenters. The summed E-state index contributed by atoms with van der Waals surface area (Å²) in [6.07, 6.45) is -1.46. The summed E-state index contributed by atoms with van der Waals surface area (Å²) in [4.78, 5) is 10.6. The summed E-state index contributed by atoms with van der Waals surface area (Å²) < 4.78 is 1.56.